The minimum atomic E-state index is -4.25. The van der Waals surface area contributed by atoms with E-state index < -0.39 is 21.1 Å². The number of rotatable bonds is 9. The summed E-state index contributed by atoms with van der Waals surface area (Å²) in [6.45, 7) is 3.26. The van der Waals surface area contributed by atoms with Crippen molar-refractivity contribution in [3.8, 4) is 0 Å². The minimum Gasteiger partial charge on any atom is -0.378 e. The molecule has 4 aliphatic rings. The molecular weight excluding hydrogens is 496 g/mol. The maximum Gasteiger partial charge on any atom is 0.396 e. The van der Waals surface area contributed by atoms with Gasteiger partial charge in [0.25, 0.3) is 0 Å². The summed E-state index contributed by atoms with van der Waals surface area (Å²) in [6.07, 6.45) is 9.55. The fourth-order valence-corrected chi connectivity index (χ4v) is 7.46. The second-order valence-electron chi connectivity index (χ2n) is 10.4. The Labute approximate surface area is 213 Å². The molecule has 4 rings (SSSR count). The predicted octanol–water partition coefficient (Wildman–Crippen LogP) is 5.77. The van der Waals surface area contributed by atoms with E-state index in [1.807, 2.05) is 6.08 Å². The summed E-state index contributed by atoms with van der Waals surface area (Å²) in [4.78, 5) is 12.6. The third-order valence-electron chi connectivity index (χ3n) is 7.82. The first-order valence-electron chi connectivity index (χ1n) is 13.2. The van der Waals surface area contributed by atoms with Gasteiger partial charge < -0.3 is 19.5 Å². The zero-order valence-electron chi connectivity index (χ0n) is 20.4. The molecule has 1 aliphatic heterocycles. The minimum absolute atomic E-state index is 0.0328. The molecule has 5 nitrogen and oxygen atoms in total. The van der Waals surface area contributed by atoms with Crippen LogP contribution in [0.4, 0.5) is 13.2 Å². The molecular formula is C25H40F3N2O3PS. The van der Waals surface area contributed by atoms with E-state index in [1.54, 1.807) is 0 Å². The van der Waals surface area contributed by atoms with Gasteiger partial charge in [0.1, 0.15) is 0 Å². The van der Waals surface area contributed by atoms with Gasteiger partial charge in [0.15, 0.2) is 9.03 Å². The molecule has 1 heterocycles. The van der Waals surface area contributed by atoms with E-state index in [4.69, 9.17) is 14.2 Å². The van der Waals surface area contributed by atoms with Crippen LogP contribution < -0.4 is 5.32 Å². The van der Waals surface area contributed by atoms with Crippen LogP contribution in [-0.2, 0) is 9.26 Å². The quantitative estimate of drug-likeness (QED) is 0.365. The first-order chi connectivity index (χ1) is 16.9. The number of nitrogens with one attached hydrogen (secondary N) is 1. The Balaban J connectivity index is 1.33. The molecule has 5 unspecified atom stereocenters. The maximum atomic E-state index is 14.2. The van der Waals surface area contributed by atoms with E-state index in [-0.39, 0.29) is 24.6 Å². The second-order valence-corrected chi connectivity index (χ2v) is 12.1. The van der Waals surface area contributed by atoms with Crippen molar-refractivity contribution in [3.63, 3.8) is 0 Å². The maximum absolute atomic E-state index is 14.2. The Morgan fingerprint density at radius 2 is 1.97 bits per heavy atom. The van der Waals surface area contributed by atoms with Gasteiger partial charge in [-0.05, 0) is 54.3 Å². The van der Waals surface area contributed by atoms with Crippen LogP contribution in [0.3, 0.4) is 0 Å². The smallest absolute Gasteiger partial charge is 0.378 e. The lowest BCUT2D eigenvalue weighted by atomic mass is 9.89. The third kappa shape index (κ3) is 8.42. The molecule has 0 amide bonds. The molecule has 3 aliphatic carbocycles. The zero-order chi connectivity index (χ0) is 24.7. The largest absolute Gasteiger partial charge is 0.396 e. The summed E-state index contributed by atoms with van der Waals surface area (Å²) in [7, 11) is -0.568. The van der Waals surface area contributed by atoms with Crippen molar-refractivity contribution < 1.29 is 27.3 Å². The average molecular weight is 537 g/mol. The van der Waals surface area contributed by atoms with E-state index in [0.717, 1.165) is 43.9 Å². The van der Waals surface area contributed by atoms with E-state index in [9.17, 15) is 13.2 Å². The lowest BCUT2D eigenvalue weighted by Crippen LogP contribution is -2.56. The number of hydrogen-bond acceptors (Lipinski definition) is 6. The highest BCUT2D eigenvalue weighted by Gasteiger charge is 2.46. The molecule has 0 aromatic carbocycles. The summed E-state index contributed by atoms with van der Waals surface area (Å²) in [5, 5.41) is 3.33. The highest BCUT2D eigenvalue weighted by molar-refractivity contribution is 8.06. The average Bonchev–Trinajstić information content (AvgIpc) is 2.87. The number of allylic oxidation sites excluding steroid dienone is 2. The fourth-order valence-electron chi connectivity index (χ4n) is 5.86. The number of piperazine rings is 1. The van der Waals surface area contributed by atoms with E-state index >= 15 is 0 Å². The van der Waals surface area contributed by atoms with Crippen molar-refractivity contribution in [2.24, 2.45) is 11.8 Å². The van der Waals surface area contributed by atoms with Crippen LogP contribution in [0, 0.1) is 11.8 Å². The van der Waals surface area contributed by atoms with Crippen LogP contribution in [0.5, 0.6) is 0 Å². The van der Waals surface area contributed by atoms with Crippen molar-refractivity contribution >= 4 is 20.8 Å². The number of thioether (sulfide) groups is 1. The van der Waals surface area contributed by atoms with Crippen LogP contribution in [0.15, 0.2) is 22.0 Å². The lowest BCUT2D eigenvalue weighted by Gasteiger charge is -2.42. The molecule has 5 atom stereocenters. The SMILES string of the molecule is OPOCC1CN(C2CC=C(SC3=CCCC(OCC4CCCCC4)C3)C(C(F)(F)F)C2)CCN1. The third-order valence-corrected chi connectivity index (χ3v) is 9.40. The van der Waals surface area contributed by atoms with Gasteiger partial charge in [-0.3, -0.25) is 4.90 Å². The standard InChI is InChI=1S/C25H40F3N2O3PS/c26-25(27,28)23-13-20(30-12-11-29-19(15-30)17-33-34-31)9-10-24(23)35-22-8-4-7-21(14-22)32-16-18-5-2-1-3-6-18/h8,10,18-21,23,29,31,34H,1-7,9,11-17H2. The Morgan fingerprint density at radius 3 is 2.74 bits per heavy atom. The molecule has 2 N–H and O–H groups in total. The van der Waals surface area contributed by atoms with Gasteiger partial charge in [-0.15, -0.1) is 0 Å². The van der Waals surface area contributed by atoms with Crippen molar-refractivity contribution in [1.29, 1.82) is 0 Å². The van der Waals surface area contributed by atoms with Gasteiger partial charge in [-0.2, -0.15) is 13.2 Å². The monoisotopic (exact) mass is 536 g/mol. The second kappa shape index (κ2) is 13.6. The predicted molar refractivity (Wildman–Crippen MR) is 136 cm³/mol. The molecule has 0 aromatic rings. The van der Waals surface area contributed by atoms with Gasteiger partial charge in [0.05, 0.1) is 18.6 Å². The first-order valence-corrected chi connectivity index (χ1v) is 14.8. The Bertz CT molecular complexity index is 733. The summed E-state index contributed by atoms with van der Waals surface area (Å²) in [6, 6.07) is -0.0931. The van der Waals surface area contributed by atoms with Gasteiger partial charge >= 0.3 is 6.18 Å². The molecule has 1 saturated heterocycles. The molecule has 0 spiro atoms. The Kier molecular flexibility index (Phi) is 10.8. The van der Waals surface area contributed by atoms with Crippen molar-refractivity contribution in [2.75, 3.05) is 32.8 Å². The Morgan fingerprint density at radius 1 is 1.14 bits per heavy atom. The highest BCUT2D eigenvalue weighted by atomic mass is 32.2. The first kappa shape index (κ1) is 27.9. The van der Waals surface area contributed by atoms with Crippen LogP contribution in [-0.4, -0.2) is 67.0 Å². The van der Waals surface area contributed by atoms with Crippen molar-refractivity contribution in [1.82, 2.24) is 10.2 Å². The van der Waals surface area contributed by atoms with Crippen molar-refractivity contribution in [2.45, 2.75) is 88.6 Å². The van der Waals surface area contributed by atoms with Gasteiger partial charge in [-0.1, -0.05) is 43.2 Å². The van der Waals surface area contributed by atoms with Crippen molar-refractivity contribution in [3.05, 3.63) is 22.0 Å². The fraction of sp³-hybridized carbons (Fsp3) is 0.840. The lowest BCUT2D eigenvalue weighted by molar-refractivity contribution is -0.168. The molecule has 0 radical (unpaired) electrons. The number of nitrogens with zero attached hydrogens (tertiary/aromatic N) is 1. The molecule has 1 saturated carbocycles. The summed E-state index contributed by atoms with van der Waals surface area (Å²) >= 11 is 1.35. The number of alkyl halides is 3. The highest BCUT2D eigenvalue weighted by Crippen LogP contribution is 2.48. The van der Waals surface area contributed by atoms with E-state index in [2.05, 4.69) is 16.3 Å². The zero-order valence-corrected chi connectivity index (χ0v) is 22.2. The summed E-state index contributed by atoms with van der Waals surface area (Å²) in [5.41, 5.74) is 0. The molecule has 0 bridgehead atoms. The molecule has 2 fully saturated rings. The number of ether oxygens (including phenoxy) is 1. The number of hydrogen-bond donors (Lipinski definition) is 2. The summed E-state index contributed by atoms with van der Waals surface area (Å²) in [5.74, 6) is -0.766. The topological polar surface area (TPSA) is 54.0 Å². The number of halogens is 3. The van der Waals surface area contributed by atoms with E-state index in [0.29, 0.717) is 30.4 Å². The normalized spacial score (nSPS) is 32.1. The van der Waals surface area contributed by atoms with Gasteiger partial charge in [-0.25, -0.2) is 0 Å². The Hall–Kier alpha value is -0.150. The van der Waals surface area contributed by atoms with E-state index in [1.165, 1.54) is 43.9 Å². The van der Waals surface area contributed by atoms with Crippen LogP contribution >= 0.6 is 20.8 Å². The summed E-state index contributed by atoms with van der Waals surface area (Å²) < 4.78 is 53.8. The molecule has 200 valence electrons. The van der Waals surface area contributed by atoms with Crippen LogP contribution in [0.2, 0.25) is 0 Å². The van der Waals surface area contributed by atoms with Crippen LogP contribution in [0.1, 0.15) is 64.2 Å². The molecule has 35 heavy (non-hydrogen) atoms. The van der Waals surface area contributed by atoms with Gasteiger partial charge in [0, 0.05) is 44.7 Å². The van der Waals surface area contributed by atoms with Gasteiger partial charge in [0.2, 0.25) is 0 Å². The molecule has 0 aromatic heterocycles. The molecule has 10 heteroatoms. The van der Waals surface area contributed by atoms with Crippen LogP contribution in [0.25, 0.3) is 0 Å².